The average Bonchev–Trinajstić information content (AvgIpc) is 3.47. The zero-order valence-corrected chi connectivity index (χ0v) is 24.1. The van der Waals surface area contributed by atoms with Crippen molar-refractivity contribution < 1.29 is 0 Å². The van der Waals surface area contributed by atoms with E-state index in [0.717, 1.165) is 28.1 Å². The molecule has 2 heterocycles. The quantitative estimate of drug-likeness (QED) is 0.207. The average molecular weight is 567 g/mol. The zero-order chi connectivity index (χ0) is 28.6. The van der Waals surface area contributed by atoms with Gasteiger partial charge in [0.25, 0.3) is 0 Å². The second kappa shape index (κ2) is 10.8. The number of hydrogen-bond donors (Lipinski definition) is 0. The second-order valence-electron chi connectivity index (χ2n) is 10.7. The van der Waals surface area contributed by atoms with E-state index in [-0.39, 0.29) is 0 Å². The van der Waals surface area contributed by atoms with Crippen LogP contribution in [-0.2, 0) is 0 Å². The van der Waals surface area contributed by atoms with Gasteiger partial charge >= 0.3 is 0 Å². The predicted octanol–water partition coefficient (Wildman–Crippen LogP) is 11.2. The Morgan fingerprint density at radius 1 is 0.326 bits per heavy atom. The topological polar surface area (TPSA) is 25.8 Å². The van der Waals surface area contributed by atoms with Gasteiger partial charge in [0, 0.05) is 36.9 Å². The molecule has 0 aliphatic carbocycles. The van der Waals surface area contributed by atoms with Gasteiger partial charge in [0.15, 0.2) is 5.82 Å². The van der Waals surface area contributed by atoms with Crippen LogP contribution >= 0.6 is 11.3 Å². The first kappa shape index (κ1) is 25.3. The molecule has 0 aliphatic heterocycles. The number of hydrogen-bond acceptors (Lipinski definition) is 3. The van der Waals surface area contributed by atoms with Crippen molar-refractivity contribution in [1.82, 2.24) is 9.97 Å². The lowest BCUT2D eigenvalue weighted by Crippen LogP contribution is -1.96. The van der Waals surface area contributed by atoms with Gasteiger partial charge in [0.05, 0.1) is 11.4 Å². The van der Waals surface area contributed by atoms with Gasteiger partial charge in [-0.1, -0.05) is 127 Å². The summed E-state index contributed by atoms with van der Waals surface area (Å²) in [6, 6.07) is 55.5. The largest absolute Gasteiger partial charge is 0.228 e. The first-order chi connectivity index (χ1) is 21.3. The van der Waals surface area contributed by atoms with Gasteiger partial charge in [0.2, 0.25) is 0 Å². The van der Waals surface area contributed by atoms with Crippen molar-refractivity contribution in [3.63, 3.8) is 0 Å². The smallest absolute Gasteiger partial charge is 0.160 e. The fourth-order valence-corrected chi connectivity index (χ4v) is 6.77. The third kappa shape index (κ3) is 4.90. The summed E-state index contributed by atoms with van der Waals surface area (Å²) >= 11 is 1.85. The highest BCUT2D eigenvalue weighted by Crippen LogP contribution is 2.37. The van der Waals surface area contributed by atoms with Crippen molar-refractivity contribution in [2.24, 2.45) is 0 Å². The summed E-state index contributed by atoms with van der Waals surface area (Å²) in [7, 11) is 0. The minimum absolute atomic E-state index is 0.715. The molecular weight excluding hydrogens is 541 g/mol. The molecule has 43 heavy (non-hydrogen) atoms. The van der Waals surface area contributed by atoms with Crippen LogP contribution in [0, 0.1) is 0 Å². The molecule has 0 amide bonds. The summed E-state index contributed by atoms with van der Waals surface area (Å²) in [5, 5.41) is 2.62. The molecule has 2 nitrogen and oxygen atoms in total. The van der Waals surface area contributed by atoms with E-state index < -0.39 is 0 Å². The number of benzene rings is 6. The van der Waals surface area contributed by atoms with Crippen molar-refractivity contribution in [2.45, 2.75) is 0 Å². The molecule has 202 valence electrons. The molecule has 0 fully saturated rings. The van der Waals surface area contributed by atoms with E-state index >= 15 is 0 Å². The Balaban J connectivity index is 1.20. The maximum atomic E-state index is 5.10. The molecule has 3 heteroatoms. The number of thiophene rings is 1. The second-order valence-corrected chi connectivity index (χ2v) is 11.7. The Kier molecular flexibility index (Phi) is 6.36. The van der Waals surface area contributed by atoms with E-state index in [1.54, 1.807) is 0 Å². The van der Waals surface area contributed by atoms with Crippen LogP contribution in [0.5, 0.6) is 0 Å². The van der Waals surface area contributed by atoms with Gasteiger partial charge < -0.3 is 0 Å². The van der Waals surface area contributed by atoms with Crippen molar-refractivity contribution >= 4 is 31.5 Å². The number of rotatable bonds is 5. The van der Waals surface area contributed by atoms with E-state index in [1.165, 1.54) is 42.4 Å². The fraction of sp³-hybridized carbons (Fsp3) is 0. The summed E-state index contributed by atoms with van der Waals surface area (Å²) < 4.78 is 2.64. The highest BCUT2D eigenvalue weighted by Gasteiger charge is 2.12. The van der Waals surface area contributed by atoms with E-state index in [0.29, 0.717) is 5.82 Å². The van der Waals surface area contributed by atoms with Crippen LogP contribution in [-0.4, -0.2) is 9.97 Å². The number of nitrogens with zero attached hydrogens (tertiary/aromatic N) is 2. The third-order valence-corrected chi connectivity index (χ3v) is 9.07. The summed E-state index contributed by atoms with van der Waals surface area (Å²) in [6.45, 7) is 0. The number of fused-ring (bicyclic) bond motifs is 3. The van der Waals surface area contributed by atoms with Gasteiger partial charge in [-0.15, -0.1) is 11.3 Å². The molecule has 0 radical (unpaired) electrons. The van der Waals surface area contributed by atoms with E-state index in [9.17, 15) is 0 Å². The predicted molar refractivity (Wildman–Crippen MR) is 182 cm³/mol. The molecule has 0 atom stereocenters. The van der Waals surface area contributed by atoms with Gasteiger partial charge in [-0.3, -0.25) is 0 Å². The maximum absolute atomic E-state index is 5.10. The molecule has 0 saturated heterocycles. The summed E-state index contributed by atoms with van der Waals surface area (Å²) in [6.07, 6.45) is 0. The molecule has 0 aliphatic rings. The molecule has 0 unspecified atom stereocenters. The number of aromatic nitrogens is 2. The monoisotopic (exact) mass is 566 g/mol. The Bertz CT molecular complexity index is 2220. The van der Waals surface area contributed by atoms with Gasteiger partial charge in [0.1, 0.15) is 0 Å². The minimum Gasteiger partial charge on any atom is -0.228 e. The third-order valence-electron chi connectivity index (χ3n) is 7.91. The lowest BCUT2D eigenvalue weighted by Gasteiger charge is -2.11. The highest BCUT2D eigenvalue weighted by atomic mass is 32.1. The van der Waals surface area contributed by atoms with Crippen LogP contribution in [0.15, 0.2) is 158 Å². The molecule has 8 rings (SSSR count). The lowest BCUT2D eigenvalue weighted by atomic mass is 10.00. The molecule has 8 aromatic rings. The van der Waals surface area contributed by atoms with Gasteiger partial charge in [-0.25, -0.2) is 9.97 Å². The standard InChI is InChI=1S/C40H26N2S/c1-3-10-27(11-4-1)31-14-9-15-33(24-31)37-26-36(29-12-5-2-6-13-29)41-40(42-37)30-20-18-28(19-21-30)32-22-23-39-35(25-32)34-16-7-8-17-38(34)43-39/h1-26H. The van der Waals surface area contributed by atoms with E-state index in [2.05, 4.69) is 146 Å². The normalized spacial score (nSPS) is 11.3. The highest BCUT2D eigenvalue weighted by molar-refractivity contribution is 7.25. The van der Waals surface area contributed by atoms with Crippen LogP contribution in [0.25, 0.3) is 76.3 Å². The van der Waals surface area contributed by atoms with Gasteiger partial charge in [-0.2, -0.15) is 0 Å². The van der Waals surface area contributed by atoms with Crippen LogP contribution in [0.2, 0.25) is 0 Å². The minimum atomic E-state index is 0.715. The van der Waals surface area contributed by atoms with E-state index in [4.69, 9.17) is 9.97 Å². The Morgan fingerprint density at radius 3 is 1.65 bits per heavy atom. The molecule has 2 aromatic heterocycles. The molecule has 0 bridgehead atoms. The van der Waals surface area contributed by atoms with Crippen molar-refractivity contribution in [2.75, 3.05) is 0 Å². The molecule has 0 N–H and O–H groups in total. The Labute approximate surface area is 254 Å². The van der Waals surface area contributed by atoms with Crippen LogP contribution < -0.4 is 0 Å². The summed E-state index contributed by atoms with van der Waals surface area (Å²) in [5.74, 6) is 0.715. The molecular formula is C40H26N2S. The zero-order valence-electron chi connectivity index (χ0n) is 23.3. The molecule has 0 saturated carbocycles. The van der Waals surface area contributed by atoms with E-state index in [1.807, 2.05) is 23.5 Å². The van der Waals surface area contributed by atoms with Gasteiger partial charge in [-0.05, 0) is 52.6 Å². The summed E-state index contributed by atoms with van der Waals surface area (Å²) in [5.41, 5.74) is 9.67. The Hall–Kier alpha value is -5.38. The van der Waals surface area contributed by atoms with Crippen LogP contribution in [0.4, 0.5) is 0 Å². The van der Waals surface area contributed by atoms with Crippen molar-refractivity contribution in [1.29, 1.82) is 0 Å². The molecule has 0 spiro atoms. The maximum Gasteiger partial charge on any atom is 0.160 e. The molecule has 6 aromatic carbocycles. The first-order valence-electron chi connectivity index (χ1n) is 14.4. The van der Waals surface area contributed by atoms with Crippen molar-refractivity contribution in [3.8, 4) is 56.2 Å². The SMILES string of the molecule is c1ccc(-c2cccc(-c3cc(-c4ccccc4)nc(-c4ccc(-c5ccc6sc7ccccc7c6c5)cc4)n3)c2)cc1. The first-order valence-corrected chi connectivity index (χ1v) is 15.2. The van der Waals surface area contributed by atoms with Crippen LogP contribution in [0.1, 0.15) is 0 Å². The van der Waals surface area contributed by atoms with Crippen LogP contribution in [0.3, 0.4) is 0 Å². The van der Waals surface area contributed by atoms with Crippen molar-refractivity contribution in [3.05, 3.63) is 158 Å². The summed E-state index contributed by atoms with van der Waals surface area (Å²) in [4.78, 5) is 10.1. The fourth-order valence-electron chi connectivity index (χ4n) is 5.69. The lowest BCUT2D eigenvalue weighted by molar-refractivity contribution is 1.18. The Morgan fingerprint density at radius 2 is 0.860 bits per heavy atom.